The van der Waals surface area contributed by atoms with Crippen molar-refractivity contribution < 1.29 is 9.53 Å². The van der Waals surface area contributed by atoms with Gasteiger partial charge in [0.15, 0.2) is 0 Å². The van der Waals surface area contributed by atoms with Crippen molar-refractivity contribution in [2.45, 2.75) is 42.9 Å². The lowest BCUT2D eigenvalue weighted by molar-refractivity contribution is -0.118. The van der Waals surface area contributed by atoms with Crippen LogP contribution in [0.4, 0.5) is 0 Å². The molecule has 1 aromatic carbocycles. The van der Waals surface area contributed by atoms with E-state index in [-0.39, 0.29) is 18.2 Å². The Labute approximate surface area is 164 Å². The first-order valence-corrected chi connectivity index (χ1v) is 9.87. The summed E-state index contributed by atoms with van der Waals surface area (Å²) in [5, 5.41) is 12.9. The molecule has 1 aliphatic rings. The molecule has 3 aromatic rings. The number of rotatable bonds is 7. The van der Waals surface area contributed by atoms with Crippen molar-refractivity contribution in [3.05, 3.63) is 40.4 Å². The normalized spacial score (nSPS) is 16.6. The van der Waals surface area contributed by atoms with Crippen LogP contribution in [0, 0.1) is 0 Å². The zero-order chi connectivity index (χ0) is 19.5. The van der Waals surface area contributed by atoms with Crippen LogP contribution in [0.3, 0.4) is 0 Å². The summed E-state index contributed by atoms with van der Waals surface area (Å²) in [7, 11) is 0. The quantitative estimate of drug-likeness (QED) is 0.561. The van der Waals surface area contributed by atoms with E-state index in [0.29, 0.717) is 34.2 Å². The smallest absolute Gasteiger partial charge is 0.261 e. The van der Waals surface area contributed by atoms with Gasteiger partial charge in [-0.1, -0.05) is 23.9 Å². The van der Waals surface area contributed by atoms with Gasteiger partial charge >= 0.3 is 0 Å². The average molecular weight is 401 g/mol. The van der Waals surface area contributed by atoms with Crippen molar-refractivity contribution in [3.63, 3.8) is 0 Å². The molecule has 146 valence electrons. The molecule has 1 aliphatic heterocycles. The lowest BCUT2D eigenvalue weighted by Crippen LogP contribution is -2.31. The van der Waals surface area contributed by atoms with E-state index >= 15 is 0 Å². The highest BCUT2D eigenvalue weighted by atomic mass is 32.2. The summed E-state index contributed by atoms with van der Waals surface area (Å²) in [6.45, 7) is 1.11. The van der Waals surface area contributed by atoms with Gasteiger partial charge in [-0.15, -0.1) is 5.10 Å². The Balaban J connectivity index is 1.60. The van der Waals surface area contributed by atoms with Crippen LogP contribution >= 0.6 is 11.8 Å². The number of thioether (sulfide) groups is 1. The number of fused-ring (bicyclic) bond motifs is 1. The second-order valence-electron chi connectivity index (χ2n) is 6.47. The molecule has 0 radical (unpaired) electrons. The fourth-order valence-electron chi connectivity index (χ4n) is 3.17. The minimum absolute atomic E-state index is 0.106. The third-order valence-electron chi connectivity index (χ3n) is 4.48. The molecule has 0 unspecified atom stereocenters. The summed E-state index contributed by atoms with van der Waals surface area (Å²) < 4.78 is 8.64. The van der Waals surface area contributed by atoms with E-state index in [1.54, 1.807) is 22.9 Å². The number of aromatic nitrogens is 6. The van der Waals surface area contributed by atoms with E-state index in [2.05, 4.69) is 20.5 Å². The Morgan fingerprint density at radius 2 is 2.21 bits per heavy atom. The molecule has 0 spiro atoms. The Kier molecular flexibility index (Phi) is 5.35. The topological polar surface area (TPSA) is 131 Å². The van der Waals surface area contributed by atoms with E-state index in [1.165, 1.54) is 16.3 Å². The molecule has 1 fully saturated rings. The van der Waals surface area contributed by atoms with Crippen molar-refractivity contribution in [1.29, 1.82) is 0 Å². The SMILES string of the molecule is NC(=O)Cn1c(CSc2nnnn2C[C@H]2CCCO2)nc2ccccc2c1=O. The van der Waals surface area contributed by atoms with Crippen LogP contribution in [0.5, 0.6) is 0 Å². The molecule has 0 saturated carbocycles. The van der Waals surface area contributed by atoms with E-state index in [1.807, 2.05) is 6.07 Å². The van der Waals surface area contributed by atoms with Crippen LogP contribution in [0.15, 0.2) is 34.2 Å². The highest BCUT2D eigenvalue weighted by molar-refractivity contribution is 7.98. The number of amides is 1. The Bertz CT molecular complexity index is 1060. The van der Waals surface area contributed by atoms with Gasteiger partial charge in [-0.2, -0.15) is 0 Å². The molecule has 28 heavy (non-hydrogen) atoms. The fourth-order valence-corrected chi connectivity index (χ4v) is 4.00. The van der Waals surface area contributed by atoms with Gasteiger partial charge in [0.25, 0.3) is 5.56 Å². The fraction of sp³-hybridized carbons (Fsp3) is 0.412. The second kappa shape index (κ2) is 8.07. The minimum Gasteiger partial charge on any atom is -0.376 e. The van der Waals surface area contributed by atoms with E-state index in [9.17, 15) is 9.59 Å². The monoisotopic (exact) mass is 401 g/mol. The number of hydrogen-bond acceptors (Lipinski definition) is 8. The maximum Gasteiger partial charge on any atom is 0.261 e. The van der Waals surface area contributed by atoms with Gasteiger partial charge in [0.1, 0.15) is 12.4 Å². The van der Waals surface area contributed by atoms with Crippen LogP contribution < -0.4 is 11.3 Å². The van der Waals surface area contributed by atoms with Crippen LogP contribution in [0.2, 0.25) is 0 Å². The number of benzene rings is 1. The summed E-state index contributed by atoms with van der Waals surface area (Å²) in [6.07, 6.45) is 2.12. The summed E-state index contributed by atoms with van der Waals surface area (Å²) in [4.78, 5) is 28.8. The van der Waals surface area contributed by atoms with E-state index in [0.717, 1.165) is 19.4 Å². The second-order valence-corrected chi connectivity index (χ2v) is 7.41. The molecule has 3 heterocycles. The van der Waals surface area contributed by atoms with Gasteiger partial charge in [0.2, 0.25) is 11.1 Å². The van der Waals surface area contributed by atoms with Gasteiger partial charge in [-0.3, -0.25) is 14.2 Å². The van der Waals surface area contributed by atoms with Crippen molar-refractivity contribution in [2.24, 2.45) is 5.73 Å². The third kappa shape index (κ3) is 3.90. The molecule has 1 saturated heterocycles. The van der Waals surface area contributed by atoms with Crippen molar-refractivity contribution >= 4 is 28.6 Å². The predicted molar refractivity (Wildman–Crippen MR) is 102 cm³/mol. The summed E-state index contributed by atoms with van der Waals surface area (Å²) in [5.74, 6) is 0.159. The first-order chi connectivity index (χ1) is 13.6. The standard InChI is InChI=1S/C17H19N7O3S/c18-14(25)9-23-15(19-13-6-2-1-5-12(13)16(23)26)10-28-17-20-21-22-24(17)8-11-4-3-7-27-11/h1-2,5-6,11H,3-4,7-10H2,(H2,18,25)/t11-/m1/s1. The maximum atomic E-state index is 12.8. The number of carbonyl (C=O) groups is 1. The molecule has 0 aliphatic carbocycles. The maximum absolute atomic E-state index is 12.8. The first kappa shape index (κ1) is 18.6. The summed E-state index contributed by atoms with van der Waals surface area (Å²) >= 11 is 1.35. The summed E-state index contributed by atoms with van der Waals surface area (Å²) in [6, 6.07) is 7.02. The number of nitrogens with two attached hydrogens (primary N) is 1. The van der Waals surface area contributed by atoms with Crippen molar-refractivity contribution in [2.75, 3.05) is 6.61 Å². The molecule has 4 rings (SSSR count). The number of hydrogen-bond donors (Lipinski definition) is 1. The highest BCUT2D eigenvalue weighted by Crippen LogP contribution is 2.22. The molecule has 0 bridgehead atoms. The number of ether oxygens (including phenoxy) is 1. The van der Waals surface area contributed by atoms with Crippen LogP contribution in [-0.4, -0.2) is 48.4 Å². The van der Waals surface area contributed by atoms with Crippen molar-refractivity contribution in [3.8, 4) is 0 Å². The molecular formula is C17H19N7O3S. The first-order valence-electron chi connectivity index (χ1n) is 8.89. The molecule has 2 N–H and O–H groups in total. The van der Waals surface area contributed by atoms with Gasteiger partial charge in [0, 0.05) is 6.61 Å². The number of para-hydroxylation sites is 1. The minimum atomic E-state index is -0.603. The molecular weight excluding hydrogens is 382 g/mol. The van der Waals surface area contributed by atoms with Crippen LogP contribution in [0.1, 0.15) is 18.7 Å². The van der Waals surface area contributed by atoms with Gasteiger partial charge in [-0.05, 0) is 35.4 Å². The van der Waals surface area contributed by atoms with Gasteiger partial charge < -0.3 is 10.5 Å². The molecule has 10 nitrogen and oxygen atoms in total. The molecule has 11 heteroatoms. The largest absolute Gasteiger partial charge is 0.376 e. The highest BCUT2D eigenvalue weighted by Gasteiger charge is 2.20. The number of primary amides is 1. The number of nitrogens with zero attached hydrogens (tertiary/aromatic N) is 6. The van der Waals surface area contributed by atoms with E-state index < -0.39 is 5.91 Å². The predicted octanol–water partition coefficient (Wildman–Crippen LogP) is 0.340. The van der Waals surface area contributed by atoms with E-state index in [4.69, 9.17) is 10.5 Å². The molecule has 1 amide bonds. The number of tetrazole rings is 1. The lowest BCUT2D eigenvalue weighted by Gasteiger charge is -2.12. The number of carbonyl (C=O) groups excluding carboxylic acids is 1. The van der Waals surface area contributed by atoms with Crippen LogP contribution in [-0.2, 0) is 28.4 Å². The van der Waals surface area contributed by atoms with Gasteiger partial charge in [-0.25, -0.2) is 9.67 Å². The van der Waals surface area contributed by atoms with Crippen LogP contribution in [0.25, 0.3) is 10.9 Å². The van der Waals surface area contributed by atoms with Crippen molar-refractivity contribution in [1.82, 2.24) is 29.8 Å². The Morgan fingerprint density at radius 1 is 1.36 bits per heavy atom. The Morgan fingerprint density at radius 3 is 3.00 bits per heavy atom. The summed E-state index contributed by atoms with van der Waals surface area (Å²) in [5.41, 5.74) is 5.61. The zero-order valence-corrected chi connectivity index (χ0v) is 15.8. The third-order valence-corrected chi connectivity index (χ3v) is 5.44. The Hall–Kier alpha value is -2.79. The zero-order valence-electron chi connectivity index (χ0n) is 15.0. The molecule has 1 atom stereocenters. The average Bonchev–Trinajstić information content (AvgIpc) is 3.35. The lowest BCUT2D eigenvalue weighted by atomic mass is 10.2. The van der Waals surface area contributed by atoms with Gasteiger partial charge in [0.05, 0.1) is 29.3 Å². The molecule has 2 aromatic heterocycles.